The van der Waals surface area contributed by atoms with Crippen LogP contribution < -0.4 is 10.1 Å². The van der Waals surface area contributed by atoms with Gasteiger partial charge in [0.2, 0.25) is 0 Å². The zero-order chi connectivity index (χ0) is 12.5. The minimum Gasteiger partial charge on any atom is -0.497 e. The standard InChI is InChI=1S/C14H17N3O.ClH/c1-9-11(8-14-15-5-6-16-14)12-7-10(18-2)3-4-13(12)17-9;/h3-4,7,17H,5-6,8H2,1-2H3,(H,15,16);1H. The monoisotopic (exact) mass is 279 g/mol. The normalized spacial score (nSPS) is 13.9. The largest absolute Gasteiger partial charge is 0.497 e. The average molecular weight is 280 g/mol. The molecular weight excluding hydrogens is 262 g/mol. The number of methoxy groups -OCH3 is 1. The van der Waals surface area contributed by atoms with E-state index in [1.807, 2.05) is 6.07 Å². The molecule has 0 saturated carbocycles. The molecule has 1 aromatic carbocycles. The van der Waals surface area contributed by atoms with Crippen molar-refractivity contribution in [1.29, 1.82) is 0 Å². The molecule has 1 aliphatic rings. The van der Waals surface area contributed by atoms with E-state index in [2.05, 4.69) is 34.3 Å². The summed E-state index contributed by atoms with van der Waals surface area (Å²) in [4.78, 5) is 7.88. The van der Waals surface area contributed by atoms with Gasteiger partial charge >= 0.3 is 0 Å². The Morgan fingerprint density at radius 3 is 2.89 bits per heavy atom. The number of hydrogen-bond acceptors (Lipinski definition) is 3. The van der Waals surface area contributed by atoms with E-state index in [1.54, 1.807) is 7.11 Å². The number of aliphatic imine (C=N–C) groups is 1. The minimum atomic E-state index is 0. The predicted octanol–water partition coefficient (Wildman–Crippen LogP) is 2.45. The van der Waals surface area contributed by atoms with Crippen molar-refractivity contribution in [3.63, 3.8) is 0 Å². The van der Waals surface area contributed by atoms with Gasteiger partial charge in [0.05, 0.1) is 13.7 Å². The van der Waals surface area contributed by atoms with E-state index in [0.29, 0.717) is 0 Å². The first kappa shape index (κ1) is 13.7. The molecule has 0 fully saturated rings. The molecule has 5 heteroatoms. The van der Waals surface area contributed by atoms with Crippen LogP contribution in [-0.4, -0.2) is 31.0 Å². The molecule has 4 nitrogen and oxygen atoms in total. The maximum Gasteiger partial charge on any atom is 0.119 e. The fraction of sp³-hybridized carbons (Fsp3) is 0.357. The van der Waals surface area contributed by atoms with E-state index >= 15 is 0 Å². The van der Waals surface area contributed by atoms with Crippen LogP contribution in [0.4, 0.5) is 0 Å². The lowest BCUT2D eigenvalue weighted by Gasteiger charge is -2.04. The molecule has 19 heavy (non-hydrogen) atoms. The van der Waals surface area contributed by atoms with Gasteiger partial charge in [-0.15, -0.1) is 12.4 Å². The van der Waals surface area contributed by atoms with Gasteiger partial charge in [-0.05, 0) is 30.7 Å². The number of benzene rings is 1. The van der Waals surface area contributed by atoms with Gasteiger partial charge < -0.3 is 15.0 Å². The third kappa shape index (κ3) is 2.54. The molecule has 102 valence electrons. The summed E-state index contributed by atoms with van der Waals surface area (Å²) in [6.07, 6.45) is 0.860. The SMILES string of the molecule is COc1ccc2[nH]c(C)c(CC3=NCCN3)c2c1.Cl. The Bertz CT molecular complexity index is 618. The van der Waals surface area contributed by atoms with E-state index < -0.39 is 0 Å². The zero-order valence-corrected chi connectivity index (χ0v) is 11.9. The molecule has 0 saturated heterocycles. The molecule has 2 N–H and O–H groups in total. The molecule has 1 aromatic heterocycles. The van der Waals surface area contributed by atoms with Crippen molar-refractivity contribution < 1.29 is 4.74 Å². The highest BCUT2D eigenvalue weighted by Crippen LogP contribution is 2.26. The quantitative estimate of drug-likeness (QED) is 0.907. The van der Waals surface area contributed by atoms with Crippen molar-refractivity contribution >= 4 is 29.1 Å². The lowest BCUT2D eigenvalue weighted by atomic mass is 10.1. The Labute approximate surface area is 118 Å². The average Bonchev–Trinajstić information content (AvgIpc) is 2.99. The smallest absolute Gasteiger partial charge is 0.119 e. The molecule has 2 heterocycles. The molecular formula is C14H18ClN3O. The third-order valence-electron chi connectivity index (χ3n) is 3.41. The molecule has 2 aromatic rings. The Hall–Kier alpha value is -1.68. The van der Waals surface area contributed by atoms with Crippen LogP contribution in [0.5, 0.6) is 5.75 Å². The molecule has 0 radical (unpaired) electrons. The second kappa shape index (κ2) is 5.53. The maximum absolute atomic E-state index is 5.30. The number of aromatic amines is 1. The first-order chi connectivity index (χ1) is 8.78. The molecule has 3 rings (SSSR count). The minimum absolute atomic E-state index is 0. The number of rotatable bonds is 3. The summed E-state index contributed by atoms with van der Waals surface area (Å²) >= 11 is 0. The molecule has 0 atom stereocenters. The number of H-pyrrole nitrogens is 1. The highest BCUT2D eigenvalue weighted by atomic mass is 35.5. The summed E-state index contributed by atoms with van der Waals surface area (Å²) < 4.78 is 5.30. The molecule has 0 aliphatic carbocycles. The van der Waals surface area contributed by atoms with Crippen LogP contribution >= 0.6 is 12.4 Å². The molecule has 0 bridgehead atoms. The Morgan fingerprint density at radius 1 is 1.37 bits per heavy atom. The fourth-order valence-corrected chi connectivity index (χ4v) is 2.45. The second-order valence-electron chi connectivity index (χ2n) is 4.57. The van der Waals surface area contributed by atoms with Gasteiger partial charge in [-0.1, -0.05) is 0 Å². The van der Waals surface area contributed by atoms with Gasteiger partial charge in [-0.25, -0.2) is 0 Å². The van der Waals surface area contributed by atoms with Crippen molar-refractivity contribution in [3.05, 3.63) is 29.5 Å². The van der Waals surface area contributed by atoms with E-state index in [0.717, 1.165) is 36.6 Å². The van der Waals surface area contributed by atoms with Crippen LogP contribution in [0.1, 0.15) is 11.3 Å². The number of aromatic nitrogens is 1. The van der Waals surface area contributed by atoms with Crippen molar-refractivity contribution in [1.82, 2.24) is 10.3 Å². The lowest BCUT2D eigenvalue weighted by Crippen LogP contribution is -2.20. The summed E-state index contributed by atoms with van der Waals surface area (Å²) in [5.74, 6) is 1.98. The van der Waals surface area contributed by atoms with Gasteiger partial charge in [0, 0.05) is 29.6 Å². The van der Waals surface area contributed by atoms with Gasteiger partial charge in [0.15, 0.2) is 0 Å². The Morgan fingerprint density at radius 2 is 2.21 bits per heavy atom. The van der Waals surface area contributed by atoms with Crippen molar-refractivity contribution in [3.8, 4) is 5.75 Å². The van der Waals surface area contributed by atoms with Crippen molar-refractivity contribution in [2.24, 2.45) is 4.99 Å². The van der Waals surface area contributed by atoms with E-state index in [9.17, 15) is 0 Å². The number of halogens is 1. The third-order valence-corrected chi connectivity index (χ3v) is 3.41. The van der Waals surface area contributed by atoms with Crippen molar-refractivity contribution in [2.75, 3.05) is 20.2 Å². The topological polar surface area (TPSA) is 49.4 Å². The van der Waals surface area contributed by atoms with Gasteiger partial charge in [0.25, 0.3) is 0 Å². The number of aryl methyl sites for hydroxylation is 1. The molecule has 0 spiro atoms. The number of amidine groups is 1. The van der Waals surface area contributed by atoms with Crippen molar-refractivity contribution in [2.45, 2.75) is 13.3 Å². The number of hydrogen-bond donors (Lipinski definition) is 2. The fourth-order valence-electron chi connectivity index (χ4n) is 2.45. The number of fused-ring (bicyclic) bond motifs is 1. The molecule has 0 amide bonds. The van der Waals surface area contributed by atoms with Crippen LogP contribution in [0, 0.1) is 6.92 Å². The predicted molar refractivity (Wildman–Crippen MR) is 80.8 cm³/mol. The van der Waals surface area contributed by atoms with Crippen LogP contribution in [-0.2, 0) is 6.42 Å². The first-order valence-corrected chi connectivity index (χ1v) is 6.20. The van der Waals surface area contributed by atoms with Gasteiger partial charge in [0.1, 0.15) is 11.6 Å². The molecule has 1 aliphatic heterocycles. The number of nitrogens with zero attached hydrogens (tertiary/aromatic N) is 1. The molecule has 0 unspecified atom stereocenters. The zero-order valence-electron chi connectivity index (χ0n) is 11.1. The van der Waals surface area contributed by atoms with E-state index in [4.69, 9.17) is 4.74 Å². The van der Waals surface area contributed by atoms with Crippen LogP contribution in [0.25, 0.3) is 10.9 Å². The number of nitrogens with one attached hydrogen (secondary N) is 2. The summed E-state index contributed by atoms with van der Waals surface area (Å²) in [6, 6.07) is 6.13. The summed E-state index contributed by atoms with van der Waals surface area (Å²) in [5, 5.41) is 4.55. The maximum atomic E-state index is 5.30. The Kier molecular flexibility index (Phi) is 4.00. The van der Waals surface area contributed by atoms with Crippen LogP contribution in [0.3, 0.4) is 0 Å². The van der Waals surface area contributed by atoms with Gasteiger partial charge in [-0.2, -0.15) is 0 Å². The second-order valence-corrected chi connectivity index (χ2v) is 4.57. The number of ether oxygens (including phenoxy) is 1. The summed E-state index contributed by atoms with van der Waals surface area (Å²) in [6.45, 7) is 3.96. The summed E-state index contributed by atoms with van der Waals surface area (Å²) in [5.41, 5.74) is 3.66. The Balaban J connectivity index is 0.00000133. The highest BCUT2D eigenvalue weighted by Gasteiger charge is 2.13. The lowest BCUT2D eigenvalue weighted by molar-refractivity contribution is 0.415. The van der Waals surface area contributed by atoms with Gasteiger partial charge in [-0.3, -0.25) is 4.99 Å². The van der Waals surface area contributed by atoms with Crippen LogP contribution in [0.15, 0.2) is 23.2 Å². The first-order valence-electron chi connectivity index (χ1n) is 6.20. The highest BCUT2D eigenvalue weighted by molar-refractivity contribution is 5.93. The summed E-state index contributed by atoms with van der Waals surface area (Å²) in [7, 11) is 1.70. The van der Waals surface area contributed by atoms with E-state index in [-0.39, 0.29) is 12.4 Å². The van der Waals surface area contributed by atoms with E-state index in [1.165, 1.54) is 16.6 Å². The van der Waals surface area contributed by atoms with Crippen LogP contribution in [0.2, 0.25) is 0 Å².